The van der Waals surface area contributed by atoms with Crippen LogP contribution in [0.2, 0.25) is 0 Å². The number of rotatable bonds is 5. The number of nitrogens with zero attached hydrogens (tertiary/aromatic N) is 1. The van der Waals surface area contributed by atoms with E-state index in [-0.39, 0.29) is 17.8 Å². The second-order valence-electron chi connectivity index (χ2n) is 6.17. The number of Topliss-reactive ketones (excluding diaryl/α,β-unsaturated/α-hetero) is 1. The lowest BCUT2D eigenvalue weighted by molar-refractivity contribution is -0.144. The van der Waals surface area contributed by atoms with Crippen molar-refractivity contribution in [3.63, 3.8) is 0 Å². The largest absolute Gasteiger partial charge is 0.466 e. The zero-order valence-corrected chi connectivity index (χ0v) is 12.5. The van der Waals surface area contributed by atoms with Crippen molar-refractivity contribution in [3.8, 4) is 0 Å². The molecule has 21 heavy (non-hydrogen) atoms. The second-order valence-corrected chi connectivity index (χ2v) is 6.17. The van der Waals surface area contributed by atoms with E-state index in [4.69, 9.17) is 9.26 Å². The van der Waals surface area contributed by atoms with Gasteiger partial charge < -0.3 is 9.26 Å². The molecule has 0 N–H and O–H groups in total. The third-order valence-electron chi connectivity index (χ3n) is 5.01. The molecule has 0 aromatic carbocycles. The molecule has 4 unspecified atom stereocenters. The lowest BCUT2D eigenvalue weighted by atomic mass is 9.83. The van der Waals surface area contributed by atoms with Gasteiger partial charge in [-0.1, -0.05) is 5.16 Å². The molecule has 5 nitrogen and oxygen atoms in total. The van der Waals surface area contributed by atoms with Gasteiger partial charge in [0.2, 0.25) is 0 Å². The van der Waals surface area contributed by atoms with E-state index < -0.39 is 5.92 Å². The topological polar surface area (TPSA) is 69.4 Å². The zero-order chi connectivity index (χ0) is 15.0. The highest BCUT2D eigenvalue weighted by Gasteiger charge is 2.47. The van der Waals surface area contributed by atoms with Crippen LogP contribution in [-0.2, 0) is 20.7 Å². The van der Waals surface area contributed by atoms with Gasteiger partial charge in [-0.3, -0.25) is 9.59 Å². The van der Waals surface area contributed by atoms with Crippen molar-refractivity contribution in [2.75, 3.05) is 6.61 Å². The monoisotopic (exact) mass is 291 g/mol. The Kier molecular flexibility index (Phi) is 3.83. The van der Waals surface area contributed by atoms with E-state index in [9.17, 15) is 9.59 Å². The molecule has 1 aromatic rings. The predicted octanol–water partition coefficient (Wildman–Crippen LogP) is 2.50. The Balaban J connectivity index is 1.74. The summed E-state index contributed by atoms with van der Waals surface area (Å²) in [5, 5.41) is 4.03. The normalized spacial score (nSPS) is 28.9. The molecule has 0 spiro atoms. The van der Waals surface area contributed by atoms with Crippen LogP contribution in [0.4, 0.5) is 0 Å². The average Bonchev–Trinajstić information content (AvgIpc) is 3.17. The third-order valence-corrected chi connectivity index (χ3v) is 5.01. The fraction of sp³-hybridized carbons (Fsp3) is 0.688. The summed E-state index contributed by atoms with van der Waals surface area (Å²) in [4.78, 5) is 24.1. The predicted molar refractivity (Wildman–Crippen MR) is 74.6 cm³/mol. The van der Waals surface area contributed by atoms with Gasteiger partial charge in [0.05, 0.1) is 18.2 Å². The lowest BCUT2D eigenvalue weighted by Crippen LogP contribution is -2.25. The maximum Gasteiger partial charge on any atom is 0.313 e. The summed E-state index contributed by atoms with van der Waals surface area (Å²) in [5.74, 6) is 0.509. The van der Waals surface area contributed by atoms with Crippen molar-refractivity contribution in [2.45, 2.75) is 45.4 Å². The minimum absolute atomic E-state index is 0.0574. The minimum Gasteiger partial charge on any atom is -0.466 e. The Morgan fingerprint density at radius 1 is 1.52 bits per heavy atom. The molecule has 2 saturated carbocycles. The molecule has 0 saturated heterocycles. The fourth-order valence-corrected chi connectivity index (χ4v) is 3.82. The Hall–Kier alpha value is -1.65. The highest BCUT2D eigenvalue weighted by atomic mass is 16.5. The number of hydrogen-bond acceptors (Lipinski definition) is 5. The molecule has 0 amide bonds. The molecule has 4 atom stereocenters. The van der Waals surface area contributed by atoms with Gasteiger partial charge in [0, 0.05) is 23.8 Å². The Morgan fingerprint density at radius 2 is 2.33 bits per heavy atom. The molecular weight excluding hydrogens is 270 g/mol. The van der Waals surface area contributed by atoms with Crippen molar-refractivity contribution in [1.82, 2.24) is 5.16 Å². The molecule has 2 bridgehead atoms. The molecule has 1 heterocycles. The molecule has 2 aliphatic rings. The van der Waals surface area contributed by atoms with Crippen LogP contribution in [0, 0.1) is 17.8 Å². The van der Waals surface area contributed by atoms with E-state index in [1.165, 1.54) is 6.26 Å². The Bertz CT molecular complexity index is 550. The van der Waals surface area contributed by atoms with Gasteiger partial charge in [0.1, 0.15) is 12.0 Å². The van der Waals surface area contributed by atoms with Gasteiger partial charge in [-0.15, -0.1) is 0 Å². The van der Waals surface area contributed by atoms with Crippen LogP contribution in [0.3, 0.4) is 0 Å². The van der Waals surface area contributed by atoms with Crippen molar-refractivity contribution >= 4 is 11.8 Å². The molecular formula is C16H21NO4. The van der Waals surface area contributed by atoms with E-state index in [0.717, 1.165) is 30.5 Å². The number of esters is 1. The molecule has 5 heteroatoms. The highest BCUT2D eigenvalue weighted by molar-refractivity contribution is 5.87. The van der Waals surface area contributed by atoms with Crippen molar-refractivity contribution in [1.29, 1.82) is 0 Å². The standard InChI is InChI=1S/C16H21NO4/c1-3-20-16(19)9(2)13-8-21-17-14(13)7-12-10-4-5-11(6-10)15(12)18/h8-12H,3-7H2,1-2H3. The number of hydrogen-bond donors (Lipinski definition) is 0. The van der Waals surface area contributed by atoms with E-state index in [0.29, 0.717) is 24.7 Å². The number of fused-ring (bicyclic) bond motifs is 2. The van der Waals surface area contributed by atoms with Crippen LogP contribution in [-0.4, -0.2) is 23.5 Å². The summed E-state index contributed by atoms with van der Waals surface area (Å²) in [7, 11) is 0. The first kappa shape index (κ1) is 14.3. The fourth-order valence-electron chi connectivity index (χ4n) is 3.82. The molecule has 3 rings (SSSR count). The Labute approximate surface area is 124 Å². The maximum absolute atomic E-state index is 12.3. The number of aromatic nitrogens is 1. The summed E-state index contributed by atoms with van der Waals surface area (Å²) in [5.41, 5.74) is 1.49. The van der Waals surface area contributed by atoms with Gasteiger partial charge in [0.15, 0.2) is 0 Å². The van der Waals surface area contributed by atoms with Gasteiger partial charge in [-0.05, 0) is 39.0 Å². The van der Waals surface area contributed by atoms with Crippen LogP contribution in [0.25, 0.3) is 0 Å². The van der Waals surface area contributed by atoms with Crippen LogP contribution < -0.4 is 0 Å². The number of carbonyl (C=O) groups excluding carboxylic acids is 2. The number of ether oxygens (including phenoxy) is 1. The van der Waals surface area contributed by atoms with Gasteiger partial charge in [-0.25, -0.2) is 0 Å². The Morgan fingerprint density at radius 3 is 3.00 bits per heavy atom. The molecule has 2 fully saturated rings. The lowest BCUT2D eigenvalue weighted by Gasteiger charge is -2.20. The van der Waals surface area contributed by atoms with Crippen molar-refractivity contribution in [3.05, 3.63) is 17.5 Å². The summed E-state index contributed by atoms with van der Waals surface area (Å²) >= 11 is 0. The zero-order valence-electron chi connectivity index (χ0n) is 12.5. The third kappa shape index (κ3) is 2.49. The van der Waals surface area contributed by atoms with Crippen LogP contribution in [0.15, 0.2) is 10.8 Å². The average molecular weight is 291 g/mol. The van der Waals surface area contributed by atoms with Crippen LogP contribution >= 0.6 is 0 Å². The molecule has 114 valence electrons. The smallest absolute Gasteiger partial charge is 0.313 e. The summed E-state index contributed by atoms with van der Waals surface area (Å²) in [6.07, 6.45) is 5.32. The van der Waals surface area contributed by atoms with Crippen molar-refractivity contribution in [2.24, 2.45) is 17.8 Å². The quantitative estimate of drug-likeness (QED) is 0.780. The first-order valence-corrected chi connectivity index (χ1v) is 7.75. The molecule has 0 radical (unpaired) electrons. The summed E-state index contributed by atoms with van der Waals surface area (Å²) in [6, 6.07) is 0. The van der Waals surface area contributed by atoms with E-state index in [1.807, 2.05) is 0 Å². The van der Waals surface area contributed by atoms with E-state index in [2.05, 4.69) is 5.16 Å². The van der Waals surface area contributed by atoms with Gasteiger partial charge in [0.25, 0.3) is 0 Å². The molecule has 0 aliphatic heterocycles. The number of ketones is 1. The maximum atomic E-state index is 12.3. The molecule has 1 aromatic heterocycles. The van der Waals surface area contributed by atoms with Crippen molar-refractivity contribution < 1.29 is 18.8 Å². The number of carbonyl (C=O) groups is 2. The van der Waals surface area contributed by atoms with Gasteiger partial charge >= 0.3 is 5.97 Å². The van der Waals surface area contributed by atoms with Gasteiger partial charge in [-0.2, -0.15) is 0 Å². The first-order chi connectivity index (χ1) is 10.1. The SMILES string of the molecule is CCOC(=O)C(C)c1conc1CC1C(=O)C2CCC1C2. The highest BCUT2D eigenvalue weighted by Crippen LogP contribution is 2.47. The second kappa shape index (κ2) is 5.62. The first-order valence-electron chi connectivity index (χ1n) is 7.75. The minimum atomic E-state index is -0.403. The summed E-state index contributed by atoms with van der Waals surface area (Å²) < 4.78 is 10.1. The van der Waals surface area contributed by atoms with E-state index >= 15 is 0 Å². The van der Waals surface area contributed by atoms with E-state index in [1.54, 1.807) is 13.8 Å². The van der Waals surface area contributed by atoms with Crippen LogP contribution in [0.1, 0.15) is 50.3 Å². The summed E-state index contributed by atoms with van der Waals surface area (Å²) in [6.45, 7) is 3.93. The van der Waals surface area contributed by atoms with Crippen LogP contribution in [0.5, 0.6) is 0 Å². The molecule has 2 aliphatic carbocycles.